The second-order valence-corrected chi connectivity index (χ2v) is 6.06. The Hall–Kier alpha value is -1.67. The molecule has 25 heavy (non-hydrogen) atoms. The van der Waals surface area contributed by atoms with Crippen molar-refractivity contribution in [2.45, 2.75) is 65.3 Å². The molecule has 0 aliphatic heterocycles. The summed E-state index contributed by atoms with van der Waals surface area (Å²) in [4.78, 5) is 1.05. The lowest BCUT2D eigenvalue weighted by Gasteiger charge is -2.16. The number of anilines is 1. The molecule has 0 unspecified atom stereocenters. The summed E-state index contributed by atoms with van der Waals surface area (Å²) in [7, 11) is 0. The summed E-state index contributed by atoms with van der Waals surface area (Å²) in [5, 5.41) is 3.53. The average molecular weight is 358 g/mol. The summed E-state index contributed by atoms with van der Waals surface area (Å²) < 4.78 is 0. The minimum Gasteiger partial charge on any atom is -0.379 e. The number of benzene rings is 2. The highest BCUT2D eigenvalue weighted by Gasteiger charge is 2.06. The minimum absolute atomic E-state index is 0.357. The van der Waals surface area contributed by atoms with E-state index in [1.165, 1.54) is 16.8 Å². The molecule has 0 aliphatic carbocycles. The molecule has 1 N–H and O–H groups in total. The van der Waals surface area contributed by atoms with E-state index in [1.54, 1.807) is 0 Å². The van der Waals surface area contributed by atoms with Gasteiger partial charge in [0.15, 0.2) is 0 Å². The quantitative estimate of drug-likeness (QED) is 0.422. The van der Waals surface area contributed by atoms with Crippen LogP contribution in [0.15, 0.2) is 65.6 Å². The maximum absolute atomic E-state index is 4.49. The van der Waals surface area contributed by atoms with Crippen LogP contribution >= 0.6 is 12.6 Å². The van der Waals surface area contributed by atoms with Crippen molar-refractivity contribution in [3.05, 3.63) is 71.8 Å². The maximum Gasteiger partial charge on any atom is 0.0416 e. The summed E-state index contributed by atoms with van der Waals surface area (Å²) in [6.45, 7) is 12.6. The number of nitrogens with one attached hydrogen (secondary N) is 1. The van der Waals surface area contributed by atoms with Gasteiger partial charge >= 0.3 is 0 Å². The van der Waals surface area contributed by atoms with E-state index in [4.69, 9.17) is 0 Å². The van der Waals surface area contributed by atoms with E-state index in [0.29, 0.717) is 6.04 Å². The van der Waals surface area contributed by atoms with E-state index in [2.05, 4.69) is 69.9 Å². The number of hydrogen-bond acceptors (Lipinski definition) is 2. The molecular formula is C23H35NS. The van der Waals surface area contributed by atoms with Crippen molar-refractivity contribution in [2.75, 3.05) is 5.32 Å². The first-order valence-electron chi connectivity index (χ1n) is 9.34. The van der Waals surface area contributed by atoms with Gasteiger partial charge in [0.25, 0.3) is 0 Å². The van der Waals surface area contributed by atoms with Gasteiger partial charge in [0.05, 0.1) is 0 Å². The molecule has 2 heteroatoms. The molecule has 0 fully saturated rings. The normalized spacial score (nSPS) is 11.0. The Bertz CT molecular complexity index is 564. The van der Waals surface area contributed by atoms with Crippen LogP contribution in [0.1, 0.15) is 52.2 Å². The van der Waals surface area contributed by atoms with Gasteiger partial charge < -0.3 is 5.32 Å². The second kappa shape index (κ2) is 14.7. The number of rotatable bonds is 5. The zero-order valence-corrected chi connectivity index (χ0v) is 17.6. The van der Waals surface area contributed by atoms with E-state index in [9.17, 15) is 0 Å². The van der Waals surface area contributed by atoms with Crippen LogP contribution in [0, 0.1) is 6.92 Å². The number of allylic oxidation sites excluding steroid dienone is 1. The van der Waals surface area contributed by atoms with Crippen LogP contribution in [0.4, 0.5) is 5.69 Å². The summed E-state index contributed by atoms with van der Waals surface area (Å²) >= 11 is 4.49. The lowest BCUT2D eigenvalue weighted by Crippen LogP contribution is -2.13. The van der Waals surface area contributed by atoms with Crippen LogP contribution in [-0.2, 0) is 6.42 Å². The molecular weight excluding hydrogens is 322 g/mol. The third-order valence-electron chi connectivity index (χ3n) is 3.51. The van der Waals surface area contributed by atoms with Gasteiger partial charge in [0, 0.05) is 16.6 Å². The number of hydrogen-bond donors (Lipinski definition) is 2. The molecule has 0 saturated carbocycles. The molecule has 0 aromatic heterocycles. The van der Waals surface area contributed by atoms with E-state index < -0.39 is 0 Å². The molecule has 0 spiro atoms. The lowest BCUT2D eigenvalue weighted by atomic mass is 10.1. The molecule has 0 aliphatic rings. The van der Waals surface area contributed by atoms with Gasteiger partial charge in [-0.15, -0.1) is 12.6 Å². The maximum atomic E-state index is 4.49. The van der Waals surface area contributed by atoms with E-state index in [-0.39, 0.29) is 0 Å². The number of thiol groups is 1. The Morgan fingerprint density at radius 1 is 1.00 bits per heavy atom. The Kier molecular flexibility index (Phi) is 13.7. The van der Waals surface area contributed by atoms with Gasteiger partial charge in [-0.25, -0.2) is 0 Å². The summed E-state index contributed by atoms with van der Waals surface area (Å²) in [5.74, 6) is 0. The van der Waals surface area contributed by atoms with Gasteiger partial charge in [-0.05, 0) is 43.9 Å². The van der Waals surface area contributed by atoms with E-state index in [0.717, 1.165) is 17.7 Å². The monoisotopic (exact) mass is 357 g/mol. The van der Waals surface area contributed by atoms with Crippen LogP contribution in [0.5, 0.6) is 0 Å². The summed E-state index contributed by atoms with van der Waals surface area (Å²) in [5.41, 5.74) is 3.81. The Morgan fingerprint density at radius 2 is 1.52 bits per heavy atom. The highest BCUT2D eigenvalue weighted by Crippen LogP contribution is 2.25. The molecule has 0 heterocycles. The predicted molar refractivity (Wildman–Crippen MR) is 118 cm³/mol. The van der Waals surface area contributed by atoms with Crippen molar-refractivity contribution >= 4 is 18.3 Å². The van der Waals surface area contributed by atoms with Crippen molar-refractivity contribution in [3.8, 4) is 0 Å². The standard InChI is InChI=1S/C15H23NS.C6H6.C2H6/c1-5-7-8-12(4)16-14-10-15(17)11(3)9-13(14)6-2;1-2-4-6-5-3-1;1-2/h7-10,12,16-17H,5-6H2,1-4H3;1-6H;1-2H3/b8-7-;;/t12-;;/m1../s1. The molecule has 2 aromatic rings. The van der Waals surface area contributed by atoms with Crippen molar-refractivity contribution in [3.63, 3.8) is 0 Å². The third kappa shape index (κ3) is 10.0. The molecule has 0 amide bonds. The molecule has 2 aromatic carbocycles. The fourth-order valence-electron chi connectivity index (χ4n) is 2.20. The lowest BCUT2D eigenvalue weighted by molar-refractivity contribution is 0.970. The second-order valence-electron chi connectivity index (χ2n) is 5.57. The Labute approximate surface area is 161 Å². The fraction of sp³-hybridized carbons (Fsp3) is 0.391. The van der Waals surface area contributed by atoms with E-state index >= 15 is 0 Å². The molecule has 2 rings (SSSR count). The highest BCUT2D eigenvalue weighted by atomic mass is 32.1. The highest BCUT2D eigenvalue weighted by molar-refractivity contribution is 7.80. The van der Waals surface area contributed by atoms with Crippen molar-refractivity contribution < 1.29 is 0 Å². The Morgan fingerprint density at radius 3 is 1.96 bits per heavy atom. The van der Waals surface area contributed by atoms with Gasteiger partial charge in [0.2, 0.25) is 0 Å². The van der Waals surface area contributed by atoms with E-state index in [1.807, 2.05) is 50.2 Å². The molecule has 138 valence electrons. The van der Waals surface area contributed by atoms with Crippen LogP contribution in [0.25, 0.3) is 0 Å². The zero-order valence-electron chi connectivity index (χ0n) is 16.7. The zero-order chi connectivity index (χ0) is 19.1. The molecule has 0 saturated heterocycles. The fourth-order valence-corrected chi connectivity index (χ4v) is 2.40. The number of aryl methyl sites for hydroxylation is 2. The predicted octanol–water partition coefficient (Wildman–Crippen LogP) is 7.33. The summed E-state index contributed by atoms with van der Waals surface area (Å²) in [6.07, 6.45) is 6.52. The van der Waals surface area contributed by atoms with Gasteiger partial charge in [-0.3, -0.25) is 0 Å². The molecule has 0 bridgehead atoms. The first kappa shape index (κ1) is 23.3. The van der Waals surface area contributed by atoms with Crippen molar-refractivity contribution in [1.29, 1.82) is 0 Å². The smallest absolute Gasteiger partial charge is 0.0416 e. The summed E-state index contributed by atoms with van der Waals surface area (Å²) in [6, 6.07) is 16.7. The largest absolute Gasteiger partial charge is 0.379 e. The molecule has 1 atom stereocenters. The first-order valence-corrected chi connectivity index (χ1v) is 9.78. The SMILES string of the molecule is CC.CC/C=C\[C@@H](C)Nc1cc(S)c(C)cc1CC.c1ccccc1. The molecule has 0 radical (unpaired) electrons. The topological polar surface area (TPSA) is 12.0 Å². The van der Waals surface area contributed by atoms with Crippen molar-refractivity contribution in [1.82, 2.24) is 0 Å². The third-order valence-corrected chi connectivity index (χ3v) is 3.99. The van der Waals surface area contributed by atoms with Crippen molar-refractivity contribution in [2.24, 2.45) is 0 Å². The van der Waals surface area contributed by atoms with Crippen LogP contribution in [0.3, 0.4) is 0 Å². The first-order chi connectivity index (χ1) is 12.1. The van der Waals surface area contributed by atoms with Gasteiger partial charge in [-0.1, -0.05) is 82.3 Å². The van der Waals surface area contributed by atoms with Gasteiger partial charge in [-0.2, -0.15) is 0 Å². The van der Waals surface area contributed by atoms with Gasteiger partial charge in [0.1, 0.15) is 0 Å². The van der Waals surface area contributed by atoms with Crippen LogP contribution < -0.4 is 5.32 Å². The van der Waals surface area contributed by atoms with Crippen LogP contribution in [0.2, 0.25) is 0 Å². The molecule has 1 nitrogen and oxygen atoms in total. The average Bonchev–Trinajstić information content (AvgIpc) is 2.66. The van der Waals surface area contributed by atoms with Crippen LogP contribution in [-0.4, -0.2) is 6.04 Å². The minimum atomic E-state index is 0.357. The Balaban J connectivity index is 0.000000596.